The molecule has 8 N–H and O–H groups in total. The van der Waals surface area contributed by atoms with Crippen molar-refractivity contribution in [2.45, 2.75) is 18.9 Å². The van der Waals surface area contributed by atoms with Crippen LogP contribution in [0.3, 0.4) is 0 Å². The number of carboxylic acid groups (broad SMARTS) is 4. The van der Waals surface area contributed by atoms with Gasteiger partial charge in [0, 0.05) is 11.8 Å². The van der Waals surface area contributed by atoms with Gasteiger partial charge in [0.05, 0.1) is 11.4 Å². The van der Waals surface area contributed by atoms with Crippen molar-refractivity contribution in [1.29, 1.82) is 0 Å². The van der Waals surface area contributed by atoms with Gasteiger partial charge < -0.3 is 31.9 Å². The standard InChI is InChI=1S/C13H13N7.2CH2O3/c14-9-4-1-7(5-16-9)11-10-12(15)17-6-18-13(10)20(19-11)8-2-3-8;2*2-1(3)4/h1,4-6,8H,2-3H2,(H2,14,16)(H2,15,17,18);2*(H2,2,3,4). The minimum atomic E-state index is -1.83. The number of carbonyl (C=O) groups is 2. The molecule has 0 aliphatic heterocycles. The monoisotopic (exact) mass is 391 g/mol. The molecule has 3 aromatic rings. The smallest absolute Gasteiger partial charge is 0.450 e. The molecule has 0 saturated heterocycles. The molecular formula is C15H17N7O6. The van der Waals surface area contributed by atoms with Crippen molar-refractivity contribution in [1.82, 2.24) is 24.7 Å². The zero-order valence-corrected chi connectivity index (χ0v) is 14.3. The van der Waals surface area contributed by atoms with Crippen molar-refractivity contribution >= 4 is 35.0 Å². The highest BCUT2D eigenvalue weighted by atomic mass is 16.6. The van der Waals surface area contributed by atoms with Crippen LogP contribution < -0.4 is 11.5 Å². The Bertz CT molecular complexity index is 964. The average molecular weight is 391 g/mol. The molecule has 0 bridgehead atoms. The first-order valence-corrected chi connectivity index (χ1v) is 7.75. The van der Waals surface area contributed by atoms with Crippen molar-refractivity contribution in [3.63, 3.8) is 0 Å². The van der Waals surface area contributed by atoms with Crippen LogP contribution in [0.15, 0.2) is 24.7 Å². The van der Waals surface area contributed by atoms with Crippen molar-refractivity contribution < 1.29 is 30.0 Å². The third-order valence-electron chi connectivity index (χ3n) is 3.47. The Balaban J connectivity index is 0.000000302. The molecular weight excluding hydrogens is 374 g/mol. The van der Waals surface area contributed by atoms with E-state index in [1.54, 1.807) is 12.3 Å². The molecule has 1 aliphatic rings. The quantitative estimate of drug-likeness (QED) is 0.368. The Morgan fingerprint density at radius 1 is 1.00 bits per heavy atom. The first-order chi connectivity index (χ1) is 13.2. The number of nitrogens with zero attached hydrogens (tertiary/aromatic N) is 5. The second-order valence-corrected chi connectivity index (χ2v) is 5.52. The van der Waals surface area contributed by atoms with Gasteiger partial charge in [-0.2, -0.15) is 5.10 Å². The molecule has 13 heteroatoms. The van der Waals surface area contributed by atoms with E-state index in [0.29, 0.717) is 17.7 Å². The van der Waals surface area contributed by atoms with E-state index < -0.39 is 12.3 Å². The third kappa shape index (κ3) is 5.17. The van der Waals surface area contributed by atoms with E-state index in [2.05, 4.69) is 20.1 Å². The second kappa shape index (κ2) is 8.48. The Kier molecular flexibility index (Phi) is 6.11. The molecule has 0 radical (unpaired) electrons. The molecule has 4 rings (SSSR count). The predicted octanol–water partition coefficient (Wildman–Crippen LogP) is 1.83. The summed E-state index contributed by atoms with van der Waals surface area (Å²) in [5.41, 5.74) is 14.0. The number of fused-ring (bicyclic) bond motifs is 1. The van der Waals surface area contributed by atoms with Crippen molar-refractivity contribution in [2.75, 3.05) is 11.5 Å². The lowest BCUT2D eigenvalue weighted by Gasteiger charge is -1.99. The van der Waals surface area contributed by atoms with Crippen LogP contribution in [-0.2, 0) is 0 Å². The van der Waals surface area contributed by atoms with Crippen LogP contribution in [0.2, 0.25) is 0 Å². The van der Waals surface area contributed by atoms with Gasteiger partial charge in [0.25, 0.3) is 0 Å². The molecule has 1 fully saturated rings. The fourth-order valence-electron chi connectivity index (χ4n) is 2.32. The van der Waals surface area contributed by atoms with Gasteiger partial charge in [0.1, 0.15) is 23.7 Å². The number of aromatic nitrogens is 5. The predicted molar refractivity (Wildman–Crippen MR) is 97.0 cm³/mol. The number of hydrogen-bond acceptors (Lipinski definition) is 8. The molecule has 0 unspecified atom stereocenters. The summed E-state index contributed by atoms with van der Waals surface area (Å²) in [6, 6.07) is 4.05. The van der Waals surface area contributed by atoms with E-state index in [-0.39, 0.29) is 0 Å². The molecule has 3 aromatic heterocycles. The summed E-state index contributed by atoms with van der Waals surface area (Å²) < 4.78 is 1.94. The van der Waals surface area contributed by atoms with Gasteiger partial charge in [-0.3, -0.25) is 0 Å². The summed E-state index contributed by atoms with van der Waals surface area (Å²) in [4.78, 5) is 29.6. The highest BCUT2D eigenvalue weighted by Gasteiger charge is 2.29. The lowest BCUT2D eigenvalue weighted by molar-refractivity contribution is 0.135. The lowest BCUT2D eigenvalue weighted by Crippen LogP contribution is -1.98. The number of hydrogen-bond donors (Lipinski definition) is 6. The Morgan fingerprint density at radius 3 is 2.11 bits per heavy atom. The van der Waals surface area contributed by atoms with E-state index in [0.717, 1.165) is 35.1 Å². The average Bonchev–Trinajstić information content (AvgIpc) is 3.36. The van der Waals surface area contributed by atoms with Crippen LogP contribution in [0.4, 0.5) is 21.2 Å². The Morgan fingerprint density at radius 2 is 1.61 bits per heavy atom. The summed E-state index contributed by atoms with van der Waals surface area (Å²) in [5.74, 6) is 0.914. The van der Waals surface area contributed by atoms with Gasteiger partial charge in [-0.25, -0.2) is 29.2 Å². The van der Waals surface area contributed by atoms with E-state index in [1.165, 1.54) is 6.33 Å². The number of nitrogen functional groups attached to an aromatic ring is 2. The number of nitrogens with two attached hydrogens (primary N) is 2. The summed E-state index contributed by atoms with van der Waals surface area (Å²) in [6.45, 7) is 0. The van der Waals surface area contributed by atoms with E-state index in [1.807, 2.05) is 10.7 Å². The molecule has 28 heavy (non-hydrogen) atoms. The first-order valence-electron chi connectivity index (χ1n) is 7.75. The fourth-order valence-corrected chi connectivity index (χ4v) is 2.32. The highest BCUT2D eigenvalue weighted by molar-refractivity contribution is 5.98. The van der Waals surface area contributed by atoms with Crippen LogP contribution in [0.1, 0.15) is 18.9 Å². The van der Waals surface area contributed by atoms with Crippen LogP contribution in [-0.4, -0.2) is 57.5 Å². The maximum atomic E-state index is 8.56. The summed E-state index contributed by atoms with van der Waals surface area (Å²) in [5, 5.41) is 33.3. The third-order valence-corrected chi connectivity index (χ3v) is 3.47. The van der Waals surface area contributed by atoms with E-state index >= 15 is 0 Å². The molecule has 0 atom stereocenters. The molecule has 0 aromatic carbocycles. The second-order valence-electron chi connectivity index (χ2n) is 5.52. The molecule has 148 valence electrons. The molecule has 1 aliphatic carbocycles. The maximum Gasteiger partial charge on any atom is 0.503 e. The van der Waals surface area contributed by atoms with Gasteiger partial charge >= 0.3 is 12.3 Å². The van der Waals surface area contributed by atoms with Gasteiger partial charge in [0.15, 0.2) is 5.65 Å². The minimum absolute atomic E-state index is 0.419. The molecule has 3 heterocycles. The SMILES string of the molecule is Nc1ccc(-c2nn(C3CC3)c3ncnc(N)c23)cn1.O=C(O)O.O=C(O)O. The van der Waals surface area contributed by atoms with Crippen LogP contribution in [0, 0.1) is 0 Å². The Labute approximate surface area is 156 Å². The minimum Gasteiger partial charge on any atom is -0.450 e. The number of anilines is 2. The largest absolute Gasteiger partial charge is 0.503 e. The van der Waals surface area contributed by atoms with Crippen LogP contribution >= 0.6 is 0 Å². The molecule has 1 saturated carbocycles. The fraction of sp³-hybridized carbons (Fsp3) is 0.200. The van der Waals surface area contributed by atoms with Crippen LogP contribution in [0.5, 0.6) is 0 Å². The Hall–Kier alpha value is -4.16. The zero-order chi connectivity index (χ0) is 20.8. The van der Waals surface area contributed by atoms with E-state index in [9.17, 15) is 0 Å². The molecule has 13 nitrogen and oxygen atoms in total. The normalized spacial score (nSPS) is 12.3. The summed E-state index contributed by atoms with van der Waals surface area (Å²) in [6.07, 6.45) is 1.75. The molecule has 0 amide bonds. The maximum absolute atomic E-state index is 8.56. The summed E-state index contributed by atoms with van der Waals surface area (Å²) >= 11 is 0. The molecule has 0 spiro atoms. The van der Waals surface area contributed by atoms with Gasteiger partial charge in [-0.15, -0.1) is 0 Å². The highest BCUT2D eigenvalue weighted by Crippen LogP contribution is 2.39. The van der Waals surface area contributed by atoms with Crippen LogP contribution in [0.25, 0.3) is 22.3 Å². The first kappa shape index (κ1) is 20.2. The van der Waals surface area contributed by atoms with Crippen molar-refractivity contribution in [3.05, 3.63) is 24.7 Å². The lowest BCUT2D eigenvalue weighted by atomic mass is 10.1. The van der Waals surface area contributed by atoms with Gasteiger partial charge in [-0.1, -0.05) is 0 Å². The number of pyridine rings is 1. The topological polar surface area (TPSA) is 224 Å². The summed E-state index contributed by atoms with van der Waals surface area (Å²) in [7, 11) is 0. The van der Waals surface area contributed by atoms with Gasteiger partial charge in [0.2, 0.25) is 0 Å². The van der Waals surface area contributed by atoms with Crippen molar-refractivity contribution in [3.8, 4) is 11.3 Å². The van der Waals surface area contributed by atoms with Gasteiger partial charge in [-0.05, 0) is 25.0 Å². The van der Waals surface area contributed by atoms with Crippen molar-refractivity contribution in [2.24, 2.45) is 0 Å². The zero-order valence-electron chi connectivity index (χ0n) is 14.3. The number of rotatable bonds is 2. The van der Waals surface area contributed by atoms with E-state index in [4.69, 9.17) is 41.5 Å².